The van der Waals surface area contributed by atoms with Gasteiger partial charge in [0.05, 0.1) is 12.1 Å². The van der Waals surface area contributed by atoms with Crippen molar-refractivity contribution in [1.82, 2.24) is 5.32 Å². The van der Waals surface area contributed by atoms with Crippen LogP contribution in [0.3, 0.4) is 0 Å². The predicted octanol–water partition coefficient (Wildman–Crippen LogP) is 3.65. The van der Waals surface area contributed by atoms with Crippen LogP contribution in [0.2, 0.25) is 0 Å². The molecule has 0 aromatic heterocycles. The number of hydrogen-bond donors (Lipinski definition) is 2. The lowest BCUT2D eigenvalue weighted by Gasteiger charge is -2.33. The van der Waals surface area contributed by atoms with E-state index in [9.17, 15) is 5.11 Å². The van der Waals surface area contributed by atoms with E-state index in [2.05, 4.69) is 38.2 Å². The largest absolute Gasteiger partial charge is 0.394 e. The van der Waals surface area contributed by atoms with E-state index in [4.69, 9.17) is 0 Å². The molecule has 2 N–H and O–H groups in total. The monoisotopic (exact) mass is 295 g/mol. The Morgan fingerprint density at radius 1 is 1.25 bits per heavy atom. The summed E-state index contributed by atoms with van der Waals surface area (Å²) in [6.07, 6.45) is 2.20. The second kappa shape index (κ2) is 9.43. The van der Waals surface area contributed by atoms with Crippen molar-refractivity contribution in [1.29, 1.82) is 0 Å². The number of likely N-dealkylation sites (N-methyl/N-ethyl adjacent to an activating group) is 1. The lowest BCUT2D eigenvalue weighted by molar-refractivity contribution is 0.158. The number of rotatable bonds is 10. The van der Waals surface area contributed by atoms with Gasteiger partial charge in [-0.05, 0) is 36.0 Å². The molecule has 0 aliphatic heterocycles. The molecule has 1 aromatic carbocycles. The highest BCUT2D eigenvalue weighted by atomic mass is 32.2. The van der Waals surface area contributed by atoms with Crippen molar-refractivity contribution in [3.63, 3.8) is 0 Å². The maximum absolute atomic E-state index is 9.94. The Balaban J connectivity index is 2.64. The van der Waals surface area contributed by atoms with Crippen LogP contribution in [-0.2, 0) is 5.54 Å². The molecule has 20 heavy (non-hydrogen) atoms. The van der Waals surface area contributed by atoms with Gasteiger partial charge >= 0.3 is 0 Å². The summed E-state index contributed by atoms with van der Waals surface area (Å²) in [5, 5.41) is 13.4. The first-order chi connectivity index (χ1) is 9.68. The smallest absolute Gasteiger partial charge is 0.0676 e. The summed E-state index contributed by atoms with van der Waals surface area (Å²) in [6.45, 7) is 7.65. The van der Waals surface area contributed by atoms with Crippen LogP contribution in [0.5, 0.6) is 0 Å². The standard InChI is InChI=1S/C17H29NOS/c1-4-15(3)13-20-12-11-17(14-19,18-5-2)16-9-7-6-8-10-16/h6-10,15,18-19H,4-5,11-14H2,1-3H3. The van der Waals surface area contributed by atoms with E-state index in [1.165, 1.54) is 17.7 Å². The third-order valence-corrected chi connectivity index (χ3v) is 5.18. The fraction of sp³-hybridized carbons (Fsp3) is 0.647. The van der Waals surface area contributed by atoms with E-state index < -0.39 is 0 Å². The van der Waals surface area contributed by atoms with Gasteiger partial charge in [0.25, 0.3) is 0 Å². The Morgan fingerprint density at radius 3 is 2.50 bits per heavy atom. The first-order valence-corrected chi connectivity index (χ1v) is 8.83. The number of nitrogens with one attached hydrogen (secondary N) is 1. The highest BCUT2D eigenvalue weighted by Gasteiger charge is 2.29. The van der Waals surface area contributed by atoms with Crippen LogP contribution < -0.4 is 5.32 Å². The Hall–Kier alpha value is -0.510. The van der Waals surface area contributed by atoms with Crippen LogP contribution in [0.25, 0.3) is 0 Å². The van der Waals surface area contributed by atoms with Gasteiger partial charge in [-0.1, -0.05) is 57.5 Å². The lowest BCUT2D eigenvalue weighted by Crippen LogP contribution is -2.46. The Bertz CT molecular complexity index is 357. The molecule has 1 rings (SSSR count). The third-order valence-electron chi connectivity index (χ3n) is 3.88. The summed E-state index contributed by atoms with van der Waals surface area (Å²) in [6, 6.07) is 10.3. The predicted molar refractivity (Wildman–Crippen MR) is 90.3 cm³/mol. The Labute approximate surface area is 128 Å². The number of benzene rings is 1. The van der Waals surface area contributed by atoms with Gasteiger partial charge in [0.2, 0.25) is 0 Å². The van der Waals surface area contributed by atoms with Crippen LogP contribution in [0.4, 0.5) is 0 Å². The summed E-state index contributed by atoms with van der Waals surface area (Å²) in [7, 11) is 0. The molecule has 2 unspecified atom stereocenters. The zero-order chi connectivity index (χ0) is 14.8. The van der Waals surface area contributed by atoms with Gasteiger partial charge in [0, 0.05) is 0 Å². The second-order valence-electron chi connectivity index (χ2n) is 5.47. The topological polar surface area (TPSA) is 32.3 Å². The molecule has 0 aliphatic carbocycles. The summed E-state index contributed by atoms with van der Waals surface area (Å²) < 4.78 is 0. The van der Waals surface area contributed by atoms with Crippen molar-refractivity contribution in [3.05, 3.63) is 35.9 Å². The fourth-order valence-electron chi connectivity index (χ4n) is 2.31. The normalized spacial score (nSPS) is 15.8. The molecule has 0 bridgehead atoms. The van der Waals surface area contributed by atoms with Crippen molar-refractivity contribution in [2.75, 3.05) is 24.7 Å². The van der Waals surface area contributed by atoms with Crippen LogP contribution >= 0.6 is 11.8 Å². The van der Waals surface area contributed by atoms with E-state index in [1.54, 1.807) is 0 Å². The van der Waals surface area contributed by atoms with Crippen molar-refractivity contribution in [2.45, 2.75) is 39.2 Å². The summed E-state index contributed by atoms with van der Waals surface area (Å²) in [5.41, 5.74) is 0.895. The van der Waals surface area contributed by atoms with Gasteiger partial charge < -0.3 is 10.4 Å². The highest BCUT2D eigenvalue weighted by molar-refractivity contribution is 7.99. The summed E-state index contributed by atoms with van der Waals surface area (Å²) >= 11 is 2.00. The van der Waals surface area contributed by atoms with E-state index in [0.717, 1.165) is 24.6 Å². The van der Waals surface area contributed by atoms with Gasteiger partial charge in [-0.3, -0.25) is 0 Å². The maximum atomic E-state index is 9.94. The lowest BCUT2D eigenvalue weighted by atomic mass is 9.88. The molecule has 0 spiro atoms. The molecule has 0 heterocycles. The van der Waals surface area contributed by atoms with E-state index in [-0.39, 0.29) is 12.1 Å². The van der Waals surface area contributed by atoms with E-state index in [1.807, 2.05) is 30.0 Å². The molecule has 114 valence electrons. The van der Waals surface area contributed by atoms with E-state index >= 15 is 0 Å². The molecule has 0 saturated heterocycles. The fourth-order valence-corrected chi connectivity index (χ4v) is 3.60. The average Bonchev–Trinajstić information content (AvgIpc) is 2.51. The number of aliphatic hydroxyl groups is 1. The number of thioether (sulfide) groups is 1. The van der Waals surface area contributed by atoms with Crippen molar-refractivity contribution in [3.8, 4) is 0 Å². The van der Waals surface area contributed by atoms with Crippen LogP contribution in [0, 0.1) is 5.92 Å². The number of hydrogen-bond acceptors (Lipinski definition) is 3. The first kappa shape index (κ1) is 17.5. The molecule has 0 saturated carbocycles. The van der Waals surface area contributed by atoms with Crippen LogP contribution in [0.1, 0.15) is 39.2 Å². The van der Waals surface area contributed by atoms with Crippen molar-refractivity contribution >= 4 is 11.8 Å². The molecule has 1 aromatic rings. The van der Waals surface area contributed by atoms with Gasteiger partial charge in [0.1, 0.15) is 0 Å². The van der Waals surface area contributed by atoms with E-state index in [0.29, 0.717) is 0 Å². The zero-order valence-corrected chi connectivity index (χ0v) is 13.9. The average molecular weight is 295 g/mol. The summed E-state index contributed by atoms with van der Waals surface area (Å²) in [5.74, 6) is 3.06. The minimum absolute atomic E-state index is 0.148. The Kier molecular flexibility index (Phi) is 8.27. The maximum Gasteiger partial charge on any atom is 0.0676 e. The molecular weight excluding hydrogens is 266 g/mol. The quantitative estimate of drug-likeness (QED) is 0.646. The highest BCUT2D eigenvalue weighted by Crippen LogP contribution is 2.27. The molecule has 0 fully saturated rings. The van der Waals surface area contributed by atoms with Crippen LogP contribution in [-0.4, -0.2) is 29.8 Å². The third kappa shape index (κ3) is 5.12. The SMILES string of the molecule is CCNC(CO)(CCSCC(C)CC)c1ccccc1. The van der Waals surface area contributed by atoms with Crippen LogP contribution in [0.15, 0.2) is 30.3 Å². The van der Waals surface area contributed by atoms with Crippen molar-refractivity contribution in [2.24, 2.45) is 5.92 Å². The number of aliphatic hydroxyl groups excluding tert-OH is 1. The van der Waals surface area contributed by atoms with Gasteiger partial charge in [-0.15, -0.1) is 0 Å². The van der Waals surface area contributed by atoms with Crippen molar-refractivity contribution < 1.29 is 5.11 Å². The first-order valence-electron chi connectivity index (χ1n) is 7.67. The zero-order valence-electron chi connectivity index (χ0n) is 13.1. The minimum atomic E-state index is -0.293. The second-order valence-corrected chi connectivity index (χ2v) is 6.62. The van der Waals surface area contributed by atoms with Gasteiger partial charge in [-0.2, -0.15) is 11.8 Å². The minimum Gasteiger partial charge on any atom is -0.394 e. The summed E-state index contributed by atoms with van der Waals surface area (Å²) in [4.78, 5) is 0. The molecule has 2 atom stereocenters. The molecule has 3 heteroatoms. The Morgan fingerprint density at radius 2 is 1.95 bits per heavy atom. The molecule has 2 nitrogen and oxygen atoms in total. The molecule has 0 amide bonds. The molecule has 0 radical (unpaired) electrons. The van der Waals surface area contributed by atoms with Gasteiger partial charge in [0.15, 0.2) is 0 Å². The molecule has 0 aliphatic rings. The van der Waals surface area contributed by atoms with Gasteiger partial charge in [-0.25, -0.2) is 0 Å². The molecular formula is C17H29NOS.